The van der Waals surface area contributed by atoms with Crippen LogP contribution in [0.3, 0.4) is 0 Å². The summed E-state index contributed by atoms with van der Waals surface area (Å²) in [6, 6.07) is 6.52. The number of carboxylic acids is 1. The molecule has 0 aromatic heterocycles. The Kier molecular flexibility index (Phi) is 5.66. The van der Waals surface area contributed by atoms with E-state index >= 15 is 0 Å². The predicted molar refractivity (Wildman–Crippen MR) is 94.8 cm³/mol. The number of aliphatic carboxylic acids is 1. The van der Waals surface area contributed by atoms with Crippen LogP contribution in [0, 0.1) is 0 Å². The van der Waals surface area contributed by atoms with Crippen LogP contribution in [0.1, 0.15) is 12.5 Å². The summed E-state index contributed by atoms with van der Waals surface area (Å²) in [6.07, 6.45) is 1.75. The summed E-state index contributed by atoms with van der Waals surface area (Å²) in [5, 5.41) is 11.4. The third kappa shape index (κ3) is 4.10. The molecular formula is C17H16N2O5S. The fourth-order valence-corrected chi connectivity index (χ4v) is 2.34. The number of hydrogen-bond donors (Lipinski definition) is 2. The largest absolute Gasteiger partial charge is 0.479 e. The third-order valence-electron chi connectivity index (χ3n) is 3.37. The van der Waals surface area contributed by atoms with E-state index in [9.17, 15) is 14.4 Å². The Balaban J connectivity index is 2.40. The fourth-order valence-electron chi connectivity index (χ4n) is 2.09. The van der Waals surface area contributed by atoms with Gasteiger partial charge in [0.2, 0.25) is 0 Å². The van der Waals surface area contributed by atoms with Gasteiger partial charge in [-0.3, -0.25) is 19.8 Å². The Morgan fingerprint density at radius 2 is 2.12 bits per heavy atom. The number of ether oxygens (including phenoxy) is 1. The van der Waals surface area contributed by atoms with E-state index in [4.69, 9.17) is 22.1 Å². The van der Waals surface area contributed by atoms with Gasteiger partial charge in [0.15, 0.2) is 11.2 Å². The Morgan fingerprint density at radius 1 is 1.44 bits per heavy atom. The van der Waals surface area contributed by atoms with Crippen molar-refractivity contribution in [2.45, 2.75) is 13.0 Å². The molecule has 2 N–H and O–H groups in total. The van der Waals surface area contributed by atoms with Gasteiger partial charge in [-0.2, -0.15) is 0 Å². The molecule has 1 heterocycles. The quantitative estimate of drug-likeness (QED) is 0.344. The van der Waals surface area contributed by atoms with Gasteiger partial charge < -0.3 is 9.84 Å². The van der Waals surface area contributed by atoms with Gasteiger partial charge >= 0.3 is 5.97 Å². The number of carbonyl (C=O) groups is 3. The summed E-state index contributed by atoms with van der Waals surface area (Å²) < 4.78 is 5.37. The summed E-state index contributed by atoms with van der Waals surface area (Å²) in [4.78, 5) is 36.8. The van der Waals surface area contributed by atoms with Crippen LogP contribution in [0.15, 0.2) is 42.5 Å². The van der Waals surface area contributed by atoms with Crippen LogP contribution < -0.4 is 10.1 Å². The number of para-hydroxylation sites is 1. The van der Waals surface area contributed by atoms with Crippen LogP contribution in [-0.2, 0) is 14.4 Å². The van der Waals surface area contributed by atoms with Crippen LogP contribution >= 0.6 is 12.2 Å². The second kappa shape index (κ2) is 7.71. The SMILES string of the molecule is C=CCN1C(=O)/C(=C\c2ccccc2O[C@@H](C)C(=O)O)C(=O)NC1=S. The second-order valence-corrected chi connectivity index (χ2v) is 5.54. The molecule has 1 aromatic rings. The van der Waals surface area contributed by atoms with Gasteiger partial charge in [-0.15, -0.1) is 6.58 Å². The maximum atomic E-state index is 12.5. The monoisotopic (exact) mass is 360 g/mol. The highest BCUT2D eigenvalue weighted by molar-refractivity contribution is 7.80. The topological polar surface area (TPSA) is 95.9 Å². The van der Waals surface area contributed by atoms with Crippen molar-refractivity contribution in [3.05, 3.63) is 48.1 Å². The minimum absolute atomic E-state index is 0.0103. The van der Waals surface area contributed by atoms with Crippen LogP contribution in [0.4, 0.5) is 0 Å². The molecule has 0 bridgehead atoms. The molecule has 0 saturated carbocycles. The Labute approximate surface area is 149 Å². The smallest absolute Gasteiger partial charge is 0.344 e. The fraction of sp³-hybridized carbons (Fsp3) is 0.176. The summed E-state index contributed by atoms with van der Waals surface area (Å²) in [5.74, 6) is -2.07. The lowest BCUT2D eigenvalue weighted by molar-refractivity contribution is -0.144. The van der Waals surface area contributed by atoms with E-state index < -0.39 is 23.9 Å². The van der Waals surface area contributed by atoms with Crippen molar-refractivity contribution in [3.63, 3.8) is 0 Å². The number of benzene rings is 1. The van der Waals surface area contributed by atoms with Crippen LogP contribution in [0.2, 0.25) is 0 Å². The number of amides is 2. The number of carbonyl (C=O) groups excluding carboxylic acids is 2. The van der Waals surface area contributed by atoms with Crippen molar-refractivity contribution >= 4 is 41.2 Å². The van der Waals surface area contributed by atoms with E-state index in [-0.39, 0.29) is 23.0 Å². The zero-order chi connectivity index (χ0) is 18.6. The molecule has 1 aliphatic rings. The molecule has 0 radical (unpaired) electrons. The van der Waals surface area contributed by atoms with Gasteiger partial charge in [0, 0.05) is 12.1 Å². The first-order chi connectivity index (χ1) is 11.8. The molecule has 1 atom stereocenters. The highest BCUT2D eigenvalue weighted by atomic mass is 32.1. The number of hydrogen-bond acceptors (Lipinski definition) is 5. The van der Waals surface area contributed by atoms with Gasteiger partial charge in [0.1, 0.15) is 11.3 Å². The molecule has 130 valence electrons. The average molecular weight is 360 g/mol. The minimum Gasteiger partial charge on any atom is -0.479 e. The minimum atomic E-state index is -1.13. The first-order valence-electron chi connectivity index (χ1n) is 7.33. The average Bonchev–Trinajstić information content (AvgIpc) is 2.56. The molecule has 1 aromatic carbocycles. The first-order valence-corrected chi connectivity index (χ1v) is 7.74. The number of thiocarbonyl (C=S) groups is 1. The molecular weight excluding hydrogens is 344 g/mol. The highest BCUT2D eigenvalue weighted by Crippen LogP contribution is 2.24. The molecule has 1 aliphatic heterocycles. The standard InChI is InChI=1S/C17H16N2O5S/c1-3-8-19-15(21)12(14(20)18-17(19)25)9-11-6-4-5-7-13(11)24-10(2)16(22)23/h3-7,9-10H,1,8H2,2H3,(H,22,23)(H,18,20,25)/b12-9-/t10-/m0/s1. The summed E-state index contributed by atoms with van der Waals surface area (Å²) in [5.41, 5.74) is 0.273. The molecule has 0 aliphatic carbocycles. The molecule has 8 heteroatoms. The van der Waals surface area contributed by atoms with Crippen molar-refractivity contribution < 1.29 is 24.2 Å². The molecule has 7 nitrogen and oxygen atoms in total. The molecule has 2 amide bonds. The second-order valence-electron chi connectivity index (χ2n) is 5.16. The van der Waals surface area contributed by atoms with Gasteiger partial charge in [0.05, 0.1) is 0 Å². The predicted octanol–water partition coefficient (Wildman–Crippen LogP) is 1.35. The molecule has 0 spiro atoms. The van der Waals surface area contributed by atoms with Crippen molar-refractivity contribution in [1.82, 2.24) is 10.2 Å². The Morgan fingerprint density at radius 3 is 2.76 bits per heavy atom. The van der Waals surface area contributed by atoms with Crippen molar-refractivity contribution in [1.29, 1.82) is 0 Å². The van der Waals surface area contributed by atoms with Crippen molar-refractivity contribution in [2.75, 3.05) is 6.54 Å². The van der Waals surface area contributed by atoms with Crippen LogP contribution in [0.25, 0.3) is 6.08 Å². The normalized spacial score (nSPS) is 17.2. The molecule has 1 fully saturated rings. The van der Waals surface area contributed by atoms with Gasteiger partial charge in [-0.05, 0) is 31.3 Å². The van der Waals surface area contributed by atoms with E-state index in [1.807, 2.05) is 0 Å². The van der Waals surface area contributed by atoms with E-state index in [1.54, 1.807) is 24.3 Å². The maximum absolute atomic E-state index is 12.5. The van der Waals surface area contributed by atoms with E-state index in [0.29, 0.717) is 5.56 Å². The van der Waals surface area contributed by atoms with Crippen molar-refractivity contribution in [3.8, 4) is 5.75 Å². The van der Waals surface area contributed by atoms with E-state index in [1.165, 1.54) is 24.0 Å². The Bertz CT molecular complexity index is 787. The highest BCUT2D eigenvalue weighted by Gasteiger charge is 2.32. The first kappa shape index (κ1) is 18.3. The number of carboxylic acid groups (broad SMARTS) is 1. The Hall–Kier alpha value is -3.00. The summed E-state index contributed by atoms with van der Waals surface area (Å²) >= 11 is 4.98. The molecule has 0 unspecified atom stereocenters. The lowest BCUT2D eigenvalue weighted by Gasteiger charge is -2.27. The summed E-state index contributed by atoms with van der Waals surface area (Å²) in [6.45, 7) is 5.09. The van der Waals surface area contributed by atoms with Crippen LogP contribution in [0.5, 0.6) is 5.75 Å². The van der Waals surface area contributed by atoms with Gasteiger partial charge in [0.25, 0.3) is 11.8 Å². The molecule has 25 heavy (non-hydrogen) atoms. The van der Waals surface area contributed by atoms with Gasteiger partial charge in [-0.1, -0.05) is 24.3 Å². The van der Waals surface area contributed by atoms with E-state index in [0.717, 1.165) is 0 Å². The van der Waals surface area contributed by atoms with Crippen molar-refractivity contribution in [2.24, 2.45) is 0 Å². The van der Waals surface area contributed by atoms with Gasteiger partial charge in [-0.25, -0.2) is 4.79 Å². The van der Waals surface area contributed by atoms with Crippen LogP contribution in [-0.4, -0.2) is 45.6 Å². The lowest BCUT2D eigenvalue weighted by atomic mass is 10.1. The summed E-state index contributed by atoms with van der Waals surface area (Å²) in [7, 11) is 0. The number of rotatable bonds is 6. The van der Waals surface area contributed by atoms with E-state index in [2.05, 4.69) is 11.9 Å². The lowest BCUT2D eigenvalue weighted by Crippen LogP contribution is -2.53. The molecule has 2 rings (SSSR count). The zero-order valence-corrected chi connectivity index (χ0v) is 14.2. The third-order valence-corrected chi connectivity index (χ3v) is 3.69. The number of nitrogens with one attached hydrogen (secondary N) is 1. The number of nitrogens with zero attached hydrogens (tertiary/aromatic N) is 1. The zero-order valence-electron chi connectivity index (χ0n) is 13.4. The molecule has 1 saturated heterocycles. The maximum Gasteiger partial charge on any atom is 0.344 e.